The lowest BCUT2D eigenvalue weighted by atomic mass is 10.0. The highest BCUT2D eigenvalue weighted by Gasteiger charge is 2.29. The minimum Gasteiger partial charge on any atom is -0.375 e. The zero-order valence-electron chi connectivity index (χ0n) is 10.6. The zero-order chi connectivity index (χ0) is 13.9. The van der Waals surface area contributed by atoms with Gasteiger partial charge in [-0.1, -0.05) is 12.8 Å². The molecule has 1 aliphatic rings. The van der Waals surface area contributed by atoms with Crippen molar-refractivity contribution in [3.63, 3.8) is 0 Å². The lowest BCUT2D eigenvalue weighted by Crippen LogP contribution is -2.41. The standard InChI is InChI=1S/C13H17FN2O3/c14-11-5-10(6-12(7-11)16(17)18)8-19-9-13(15)3-1-2-4-13/h5-7H,1-4,8-9,15H2. The third-order valence-corrected chi connectivity index (χ3v) is 3.41. The van der Waals surface area contributed by atoms with E-state index in [0.29, 0.717) is 12.2 Å². The van der Waals surface area contributed by atoms with Crippen molar-refractivity contribution in [2.24, 2.45) is 5.73 Å². The van der Waals surface area contributed by atoms with Crippen LogP contribution in [-0.2, 0) is 11.3 Å². The summed E-state index contributed by atoms with van der Waals surface area (Å²) < 4.78 is 18.7. The number of hydrogen-bond donors (Lipinski definition) is 1. The first-order valence-electron chi connectivity index (χ1n) is 6.29. The molecule has 0 bridgehead atoms. The van der Waals surface area contributed by atoms with E-state index in [0.717, 1.165) is 31.7 Å². The molecule has 2 rings (SSSR count). The van der Waals surface area contributed by atoms with Gasteiger partial charge in [-0.2, -0.15) is 0 Å². The predicted octanol–water partition coefficient (Wildman–Crippen LogP) is 2.52. The zero-order valence-corrected chi connectivity index (χ0v) is 10.6. The van der Waals surface area contributed by atoms with E-state index in [1.54, 1.807) is 0 Å². The van der Waals surface area contributed by atoms with E-state index < -0.39 is 10.7 Å². The fourth-order valence-corrected chi connectivity index (χ4v) is 2.42. The molecule has 1 aromatic carbocycles. The summed E-state index contributed by atoms with van der Waals surface area (Å²) in [5.74, 6) is -0.629. The fraction of sp³-hybridized carbons (Fsp3) is 0.538. The van der Waals surface area contributed by atoms with E-state index >= 15 is 0 Å². The summed E-state index contributed by atoms with van der Waals surface area (Å²) >= 11 is 0. The van der Waals surface area contributed by atoms with Crippen molar-refractivity contribution in [3.05, 3.63) is 39.7 Å². The largest absolute Gasteiger partial charge is 0.375 e. The average Bonchev–Trinajstić information content (AvgIpc) is 2.75. The van der Waals surface area contributed by atoms with E-state index in [1.807, 2.05) is 0 Å². The third-order valence-electron chi connectivity index (χ3n) is 3.41. The Kier molecular flexibility index (Phi) is 4.11. The molecule has 0 aliphatic heterocycles. The number of halogens is 1. The van der Waals surface area contributed by atoms with Gasteiger partial charge in [0.15, 0.2) is 0 Å². The van der Waals surface area contributed by atoms with Crippen molar-refractivity contribution in [3.8, 4) is 0 Å². The lowest BCUT2D eigenvalue weighted by molar-refractivity contribution is -0.385. The molecule has 1 fully saturated rings. The molecular formula is C13H17FN2O3. The van der Waals surface area contributed by atoms with Gasteiger partial charge in [-0.05, 0) is 24.5 Å². The number of non-ortho nitro benzene ring substituents is 1. The molecule has 1 saturated carbocycles. The van der Waals surface area contributed by atoms with E-state index in [4.69, 9.17) is 10.5 Å². The van der Waals surface area contributed by atoms with Gasteiger partial charge >= 0.3 is 0 Å². The molecule has 19 heavy (non-hydrogen) atoms. The summed E-state index contributed by atoms with van der Waals surface area (Å²) in [6.45, 7) is 0.537. The van der Waals surface area contributed by atoms with Gasteiger partial charge < -0.3 is 10.5 Å². The molecule has 0 amide bonds. The number of nitrogens with zero attached hydrogens (tertiary/aromatic N) is 1. The first kappa shape index (κ1) is 13.9. The van der Waals surface area contributed by atoms with Crippen molar-refractivity contribution >= 4 is 5.69 Å². The number of nitro groups is 1. The summed E-state index contributed by atoms with van der Waals surface area (Å²) in [7, 11) is 0. The Bertz CT molecular complexity index is 473. The van der Waals surface area contributed by atoms with Crippen LogP contribution in [0.25, 0.3) is 0 Å². The Balaban J connectivity index is 1.94. The maximum atomic E-state index is 13.2. The molecule has 5 nitrogen and oxygen atoms in total. The molecule has 6 heteroatoms. The van der Waals surface area contributed by atoms with Crippen LogP contribution in [-0.4, -0.2) is 17.1 Å². The van der Waals surface area contributed by atoms with Crippen LogP contribution in [0.3, 0.4) is 0 Å². The summed E-state index contributed by atoms with van der Waals surface area (Å²) in [6.07, 6.45) is 4.06. The predicted molar refractivity (Wildman–Crippen MR) is 68.1 cm³/mol. The van der Waals surface area contributed by atoms with Gasteiger partial charge in [0.05, 0.1) is 24.2 Å². The molecule has 0 radical (unpaired) electrons. The van der Waals surface area contributed by atoms with E-state index in [1.165, 1.54) is 12.1 Å². The van der Waals surface area contributed by atoms with Crippen LogP contribution in [0.1, 0.15) is 31.2 Å². The van der Waals surface area contributed by atoms with Crippen molar-refractivity contribution in [1.82, 2.24) is 0 Å². The lowest BCUT2D eigenvalue weighted by Gasteiger charge is -2.23. The molecule has 0 unspecified atom stereocenters. The number of nitrogens with two attached hydrogens (primary N) is 1. The van der Waals surface area contributed by atoms with Gasteiger partial charge in [0, 0.05) is 11.6 Å². The second-order valence-electron chi connectivity index (χ2n) is 5.14. The molecule has 1 aromatic rings. The number of ether oxygens (including phenoxy) is 1. The molecule has 104 valence electrons. The van der Waals surface area contributed by atoms with Crippen LogP contribution in [0.2, 0.25) is 0 Å². The number of nitro benzene ring substituents is 1. The van der Waals surface area contributed by atoms with Crippen LogP contribution in [0, 0.1) is 15.9 Å². The Morgan fingerprint density at radius 3 is 2.68 bits per heavy atom. The minimum atomic E-state index is -0.629. The number of benzene rings is 1. The quantitative estimate of drug-likeness (QED) is 0.657. The highest BCUT2D eigenvalue weighted by molar-refractivity contribution is 5.34. The molecule has 0 saturated heterocycles. The minimum absolute atomic E-state index is 0.136. The summed E-state index contributed by atoms with van der Waals surface area (Å²) in [4.78, 5) is 10.0. The monoisotopic (exact) mass is 268 g/mol. The van der Waals surface area contributed by atoms with Gasteiger partial charge in [0.2, 0.25) is 0 Å². The van der Waals surface area contributed by atoms with Crippen LogP contribution in [0.4, 0.5) is 10.1 Å². The molecule has 0 spiro atoms. The van der Waals surface area contributed by atoms with Crippen LogP contribution in [0.15, 0.2) is 18.2 Å². The topological polar surface area (TPSA) is 78.4 Å². The second kappa shape index (κ2) is 5.63. The van der Waals surface area contributed by atoms with Gasteiger partial charge in [0.1, 0.15) is 5.82 Å². The fourth-order valence-electron chi connectivity index (χ4n) is 2.42. The van der Waals surface area contributed by atoms with Gasteiger partial charge in [-0.15, -0.1) is 0 Å². The normalized spacial score (nSPS) is 17.6. The molecule has 0 heterocycles. The van der Waals surface area contributed by atoms with E-state index in [-0.39, 0.29) is 17.8 Å². The Labute approximate surface area is 110 Å². The smallest absolute Gasteiger partial charge is 0.272 e. The highest BCUT2D eigenvalue weighted by Crippen LogP contribution is 2.27. The van der Waals surface area contributed by atoms with Gasteiger partial charge in [-0.3, -0.25) is 10.1 Å². The average molecular weight is 268 g/mol. The Hall–Kier alpha value is -1.53. The summed E-state index contributed by atoms with van der Waals surface area (Å²) in [6, 6.07) is 3.46. The maximum Gasteiger partial charge on any atom is 0.272 e. The molecule has 2 N–H and O–H groups in total. The molecule has 0 atom stereocenters. The van der Waals surface area contributed by atoms with Crippen molar-refractivity contribution in [1.29, 1.82) is 0 Å². The maximum absolute atomic E-state index is 13.2. The van der Waals surface area contributed by atoms with E-state index in [9.17, 15) is 14.5 Å². The number of hydrogen-bond acceptors (Lipinski definition) is 4. The van der Waals surface area contributed by atoms with Gasteiger partial charge in [0.25, 0.3) is 5.69 Å². The van der Waals surface area contributed by atoms with Crippen molar-refractivity contribution < 1.29 is 14.1 Å². The Morgan fingerprint density at radius 2 is 2.05 bits per heavy atom. The third kappa shape index (κ3) is 3.71. The van der Waals surface area contributed by atoms with Gasteiger partial charge in [-0.25, -0.2) is 4.39 Å². The SMILES string of the molecule is NC1(COCc2cc(F)cc([N+](=O)[O-])c2)CCCC1. The van der Waals surface area contributed by atoms with Crippen LogP contribution >= 0.6 is 0 Å². The first-order valence-corrected chi connectivity index (χ1v) is 6.29. The van der Waals surface area contributed by atoms with Crippen LogP contribution in [0.5, 0.6) is 0 Å². The van der Waals surface area contributed by atoms with Crippen molar-refractivity contribution in [2.75, 3.05) is 6.61 Å². The molecular weight excluding hydrogens is 251 g/mol. The van der Waals surface area contributed by atoms with Crippen molar-refractivity contribution in [2.45, 2.75) is 37.8 Å². The van der Waals surface area contributed by atoms with E-state index in [2.05, 4.69) is 0 Å². The summed E-state index contributed by atoms with van der Waals surface area (Å²) in [5.41, 5.74) is 6.02. The number of rotatable bonds is 5. The molecule has 1 aliphatic carbocycles. The highest BCUT2D eigenvalue weighted by atomic mass is 19.1. The second-order valence-corrected chi connectivity index (χ2v) is 5.14. The first-order chi connectivity index (χ1) is 8.98. The van der Waals surface area contributed by atoms with Crippen LogP contribution < -0.4 is 5.73 Å². The summed E-state index contributed by atoms with van der Waals surface area (Å²) in [5, 5.41) is 10.6. The Morgan fingerprint density at radius 1 is 1.37 bits per heavy atom. The molecule has 0 aromatic heterocycles.